The summed E-state index contributed by atoms with van der Waals surface area (Å²) in [4.78, 5) is 43.1. The van der Waals surface area contributed by atoms with Gasteiger partial charge in [-0.05, 0) is 117 Å². The first kappa shape index (κ1) is 70.5. The molecule has 12 aliphatic heterocycles. The molecule has 29 heteroatoms. The molecule has 0 aromatic heterocycles. The Kier molecular flexibility index (Phi) is 20.1. The lowest BCUT2D eigenvalue weighted by Gasteiger charge is -2.69. The van der Waals surface area contributed by atoms with E-state index in [1.54, 1.807) is 0 Å². The zero-order valence-corrected chi connectivity index (χ0v) is 53.3. The maximum atomic E-state index is 15.5. The van der Waals surface area contributed by atoms with E-state index in [2.05, 4.69) is 33.8 Å². The minimum Gasteiger partial charge on any atom is -0.457 e. The molecule has 524 valence electrons. The molecule has 33 atom stereocenters. The fraction of sp³-hybridized carbons (Fsp3) is 0.921. The predicted octanol–water partition coefficient (Wildman–Crippen LogP) is -2.68. The molecule has 0 radical (unpaired) electrons. The minimum atomic E-state index is -2.31. The molecule has 12 bridgehead atoms. The van der Waals surface area contributed by atoms with Gasteiger partial charge in [0.2, 0.25) is 6.29 Å². The lowest BCUT2D eigenvalue weighted by molar-refractivity contribution is -0.376. The lowest BCUT2D eigenvalue weighted by atomic mass is 9.36. The Bertz CT molecular complexity index is 2680. The second-order valence-electron chi connectivity index (χ2n) is 30.5. The van der Waals surface area contributed by atoms with Crippen molar-refractivity contribution in [2.75, 3.05) is 26.4 Å². The quantitative estimate of drug-likeness (QED) is 0.0590. The van der Waals surface area contributed by atoms with E-state index < -0.39 is 233 Å². The molecule has 12 heterocycles. The minimum absolute atomic E-state index is 0.00584. The Labute approximate surface area is 533 Å². The van der Waals surface area contributed by atoms with Crippen molar-refractivity contribution in [1.82, 2.24) is 0 Å². The first-order valence-electron chi connectivity index (χ1n) is 32.6. The molecule has 92 heavy (non-hydrogen) atoms. The summed E-state index contributed by atoms with van der Waals surface area (Å²) >= 11 is 0. The van der Waals surface area contributed by atoms with Crippen molar-refractivity contribution in [2.45, 2.75) is 285 Å². The SMILES string of the molecule is C[C@@H]1O[C@H]2O[C@H]3[C@@H](OC[C@H](O)[C@@H]3O)OC(=O)[C@@]34CCC5C(=CC[C@@H]6[C@@]7(C)C[C@H](O)[C@H](O[C@@H]8O[C@H](CO)[C@@H](O)[C@H](O)[C@H]8O[C@H]8OC[C@H](OC(=O)CC(C)(O)CC(=O)O[C@@H]1[C@@H](O[C@@H]1O[C@H](CO)[C@@H](O)[C@H](O)[C@H]1O)[C@H]2O)C(O)[C@H]8O)C(C)(C)[C@@H]7CC[C@@]56C)[C@@H]3CC(C)(C)CC4. The van der Waals surface area contributed by atoms with Crippen LogP contribution in [-0.4, -0.2) is 275 Å². The van der Waals surface area contributed by atoms with E-state index >= 15 is 4.79 Å². The number of hydrogen-bond acceptors (Lipinski definition) is 29. The van der Waals surface area contributed by atoms with Gasteiger partial charge in [-0.3, -0.25) is 14.4 Å². The molecule has 0 aromatic rings. The van der Waals surface area contributed by atoms with Gasteiger partial charge in [0.15, 0.2) is 43.5 Å². The highest BCUT2D eigenvalue weighted by Gasteiger charge is 2.69. The summed E-state index contributed by atoms with van der Waals surface area (Å²) in [6.45, 7) is 12.5. The van der Waals surface area contributed by atoms with Gasteiger partial charge in [-0.2, -0.15) is 0 Å². The summed E-state index contributed by atoms with van der Waals surface area (Å²) in [6.07, 6.45) is -38.0. The molecular weight excluding hydrogens is 1220 g/mol. The van der Waals surface area contributed by atoms with Crippen LogP contribution < -0.4 is 0 Å². The van der Waals surface area contributed by atoms with Crippen molar-refractivity contribution < 1.29 is 143 Å². The third-order valence-electron chi connectivity index (χ3n) is 23.4. The fourth-order valence-electron chi connectivity index (χ4n) is 18.5. The summed E-state index contributed by atoms with van der Waals surface area (Å²) in [5.74, 6) is -3.48. The zero-order valence-electron chi connectivity index (χ0n) is 53.3. The Morgan fingerprint density at radius 3 is 1.87 bits per heavy atom. The van der Waals surface area contributed by atoms with E-state index in [4.69, 9.17) is 56.8 Å². The maximum Gasteiger partial charge on any atom is 0.315 e. The summed E-state index contributed by atoms with van der Waals surface area (Å²) < 4.78 is 72.5. The highest BCUT2D eigenvalue weighted by molar-refractivity contribution is 5.79. The van der Waals surface area contributed by atoms with Crippen LogP contribution in [0.4, 0.5) is 0 Å². The number of aliphatic hydroxyl groups is 14. The van der Waals surface area contributed by atoms with Gasteiger partial charge in [-0.1, -0.05) is 53.2 Å². The second-order valence-corrected chi connectivity index (χ2v) is 30.5. The molecule has 17 aliphatic rings. The van der Waals surface area contributed by atoms with E-state index in [-0.39, 0.29) is 40.9 Å². The van der Waals surface area contributed by atoms with Gasteiger partial charge in [0, 0.05) is 0 Å². The van der Waals surface area contributed by atoms with Crippen LogP contribution in [-0.2, 0) is 71.2 Å². The number of rotatable bonds is 4. The van der Waals surface area contributed by atoms with Crippen LogP contribution in [0.3, 0.4) is 0 Å². The van der Waals surface area contributed by atoms with Crippen LogP contribution in [0.25, 0.3) is 0 Å². The number of aliphatic hydroxyl groups excluding tert-OH is 13. The molecule has 0 amide bonds. The van der Waals surface area contributed by atoms with Crippen LogP contribution in [0.2, 0.25) is 0 Å². The van der Waals surface area contributed by atoms with Crippen LogP contribution in [0, 0.1) is 50.7 Å². The molecule has 3 unspecified atom stereocenters. The van der Waals surface area contributed by atoms with Gasteiger partial charge in [0.1, 0.15) is 85.5 Å². The van der Waals surface area contributed by atoms with Crippen molar-refractivity contribution in [3.05, 3.63) is 11.6 Å². The summed E-state index contributed by atoms with van der Waals surface area (Å²) in [7, 11) is 0. The molecular formula is C63H98O29. The Balaban J connectivity index is 0.938. The van der Waals surface area contributed by atoms with Gasteiger partial charge >= 0.3 is 17.9 Å². The number of allylic oxidation sites excluding steroid dienone is 2. The van der Waals surface area contributed by atoms with Gasteiger partial charge in [0.25, 0.3) is 0 Å². The van der Waals surface area contributed by atoms with Crippen molar-refractivity contribution in [3.8, 4) is 0 Å². The molecule has 13 fully saturated rings. The predicted molar refractivity (Wildman–Crippen MR) is 306 cm³/mol. The standard InChI is InChI=1S/C63H98O29/c1-25-47-48(88-53-45(77)42(74)39(71)31(21-64)85-53)46(78)54(83-25)90-49-38(70)30(67)23-81-55(49)92-57(79)63-14-11-27-26(28(63)17-58(2,3)15-16-63)9-10-35-61(27,7)13-12-34-59(4,5)51(29(66)18-62(34,35)8)91-56-50(43(75)40(72)32(22-65)86-56)89-52-44(76)41(73)33(24-82-52)84-36(68)19-60(6,80)20-37(69)87-47/h9,25,27-35,38-56,64-67,70-78,80H,10-24H2,1-8H3/t25-,27?,28-,29-,30-,31+,32+,33-,34-,35-,38-,39+,40+,41?,42-,43-,44+,45+,46+,47-,48-,49+,50+,51-,52+,53-,54-,55-,56-,60?,61-,62-,63+/m0/s1. The molecule has 1 spiro atoms. The third kappa shape index (κ3) is 12.6. The molecule has 29 nitrogen and oxygen atoms in total. The van der Waals surface area contributed by atoms with E-state index in [0.29, 0.717) is 44.9 Å². The third-order valence-corrected chi connectivity index (χ3v) is 23.4. The normalized spacial score (nSPS) is 53.4. The Hall–Kier alpha value is -2.77. The van der Waals surface area contributed by atoms with Crippen LogP contribution in [0.5, 0.6) is 0 Å². The Morgan fingerprint density at radius 1 is 0.533 bits per heavy atom. The van der Waals surface area contributed by atoms with Crippen LogP contribution >= 0.6 is 0 Å². The smallest absolute Gasteiger partial charge is 0.315 e. The number of hydrogen-bond donors (Lipinski definition) is 14. The molecule has 4 saturated carbocycles. The van der Waals surface area contributed by atoms with E-state index in [0.717, 1.165) is 18.9 Å². The maximum absolute atomic E-state index is 15.5. The topological polar surface area (TPSA) is 445 Å². The lowest BCUT2D eigenvalue weighted by Crippen LogP contribution is -2.68. The average Bonchev–Trinajstić information content (AvgIpc) is 0.688. The number of carbonyl (C=O) groups is 3. The first-order chi connectivity index (χ1) is 43.1. The summed E-state index contributed by atoms with van der Waals surface area (Å²) in [5, 5.41) is 158. The molecule has 17 rings (SSSR count). The van der Waals surface area contributed by atoms with Crippen molar-refractivity contribution in [3.63, 3.8) is 0 Å². The van der Waals surface area contributed by atoms with Crippen molar-refractivity contribution >= 4 is 17.9 Å². The monoisotopic (exact) mass is 1320 g/mol. The van der Waals surface area contributed by atoms with Crippen LogP contribution in [0.1, 0.15) is 126 Å². The highest BCUT2D eigenvalue weighted by Crippen LogP contribution is 2.72. The van der Waals surface area contributed by atoms with Crippen LogP contribution in [0.15, 0.2) is 11.6 Å². The molecule has 14 N–H and O–H groups in total. The summed E-state index contributed by atoms with van der Waals surface area (Å²) in [5.41, 5.74) is -4.14. The Morgan fingerprint density at radius 2 is 1.17 bits per heavy atom. The number of esters is 3. The number of ether oxygens (including phenoxy) is 12. The van der Waals surface area contributed by atoms with Crippen molar-refractivity contribution in [2.24, 2.45) is 50.7 Å². The van der Waals surface area contributed by atoms with Gasteiger partial charge in [-0.15, -0.1) is 0 Å². The first-order valence-corrected chi connectivity index (χ1v) is 32.6. The van der Waals surface area contributed by atoms with Gasteiger partial charge in [0.05, 0.1) is 68.6 Å². The molecule has 0 aromatic carbocycles. The van der Waals surface area contributed by atoms with E-state index in [1.807, 2.05) is 13.8 Å². The number of carbonyl (C=O) groups excluding carboxylic acids is 3. The van der Waals surface area contributed by atoms with E-state index in [9.17, 15) is 81.1 Å². The van der Waals surface area contributed by atoms with Crippen molar-refractivity contribution in [1.29, 1.82) is 0 Å². The zero-order chi connectivity index (χ0) is 66.9. The summed E-state index contributed by atoms with van der Waals surface area (Å²) in [6, 6.07) is 0. The van der Waals surface area contributed by atoms with Gasteiger partial charge < -0.3 is 128 Å². The molecule has 9 saturated heterocycles. The fourth-order valence-corrected chi connectivity index (χ4v) is 18.5. The highest BCUT2D eigenvalue weighted by atomic mass is 16.8. The molecule has 5 aliphatic carbocycles. The largest absolute Gasteiger partial charge is 0.457 e. The van der Waals surface area contributed by atoms with E-state index in [1.165, 1.54) is 6.92 Å². The van der Waals surface area contributed by atoms with Gasteiger partial charge in [-0.25, -0.2) is 0 Å². The second kappa shape index (κ2) is 26.1. The average molecular weight is 1320 g/mol.